The minimum absolute atomic E-state index is 0.831. The van der Waals surface area contributed by atoms with Gasteiger partial charge in [-0.25, -0.2) is 9.97 Å². The van der Waals surface area contributed by atoms with Crippen molar-refractivity contribution < 1.29 is 0 Å². The lowest BCUT2D eigenvalue weighted by Gasteiger charge is -2.17. The molecule has 0 spiro atoms. The molecule has 0 N–H and O–H groups in total. The Morgan fingerprint density at radius 2 is 1.00 bits per heavy atom. The van der Waals surface area contributed by atoms with E-state index in [0.717, 1.165) is 61.4 Å². The standard InChI is InChI=1S/C48H32N4/c1-31-12-9-15-34(28-31)52-45-25-24-33(29-39(45)40-30-49-27-26-46(40)52)41-20-10-21-42(50-41)43-22-11-23-44(51-43)48-37-18-7-5-16-35(37)47(32-13-3-2-4-14-32)36-17-6-8-19-38(36)48/h2-30H,1H3. The van der Waals surface area contributed by atoms with E-state index in [1.807, 2.05) is 12.4 Å². The fraction of sp³-hybridized carbons (Fsp3) is 0.0208. The number of hydrogen-bond donors (Lipinski definition) is 0. The van der Waals surface area contributed by atoms with E-state index >= 15 is 0 Å². The van der Waals surface area contributed by atoms with E-state index in [-0.39, 0.29) is 0 Å². The van der Waals surface area contributed by atoms with Gasteiger partial charge < -0.3 is 4.57 Å². The monoisotopic (exact) mass is 664 g/mol. The van der Waals surface area contributed by atoms with Gasteiger partial charge in [0.05, 0.1) is 33.8 Å². The van der Waals surface area contributed by atoms with E-state index in [4.69, 9.17) is 9.97 Å². The average molecular weight is 665 g/mol. The largest absolute Gasteiger partial charge is 0.309 e. The van der Waals surface area contributed by atoms with E-state index in [2.05, 4.69) is 180 Å². The first-order chi connectivity index (χ1) is 25.7. The normalized spacial score (nSPS) is 11.6. The molecule has 0 aliphatic carbocycles. The Balaban J connectivity index is 1.10. The van der Waals surface area contributed by atoms with Gasteiger partial charge in [-0.1, -0.05) is 109 Å². The summed E-state index contributed by atoms with van der Waals surface area (Å²) < 4.78 is 2.32. The van der Waals surface area contributed by atoms with Crippen molar-refractivity contribution in [3.05, 3.63) is 182 Å². The van der Waals surface area contributed by atoms with E-state index in [1.165, 1.54) is 38.2 Å². The van der Waals surface area contributed by atoms with Gasteiger partial charge in [0.15, 0.2) is 0 Å². The summed E-state index contributed by atoms with van der Waals surface area (Å²) in [4.78, 5) is 15.0. The number of rotatable bonds is 5. The zero-order chi connectivity index (χ0) is 34.6. The molecule has 52 heavy (non-hydrogen) atoms. The Morgan fingerprint density at radius 3 is 1.71 bits per heavy atom. The first kappa shape index (κ1) is 30.0. The van der Waals surface area contributed by atoms with Gasteiger partial charge >= 0.3 is 0 Å². The molecule has 0 saturated carbocycles. The van der Waals surface area contributed by atoms with Crippen LogP contribution < -0.4 is 0 Å². The van der Waals surface area contributed by atoms with E-state index < -0.39 is 0 Å². The highest BCUT2D eigenvalue weighted by molar-refractivity contribution is 6.21. The Morgan fingerprint density at radius 1 is 0.404 bits per heavy atom. The van der Waals surface area contributed by atoms with Crippen LogP contribution in [-0.2, 0) is 0 Å². The lowest BCUT2D eigenvalue weighted by molar-refractivity contribution is 1.17. The molecule has 0 aliphatic rings. The zero-order valence-corrected chi connectivity index (χ0v) is 28.5. The highest BCUT2D eigenvalue weighted by atomic mass is 15.0. The average Bonchev–Trinajstić information content (AvgIpc) is 3.54. The number of nitrogens with zero attached hydrogens (tertiary/aromatic N) is 4. The van der Waals surface area contributed by atoms with Gasteiger partial charge in [0.25, 0.3) is 0 Å². The van der Waals surface area contributed by atoms with Gasteiger partial charge in [0.1, 0.15) is 0 Å². The fourth-order valence-electron chi connectivity index (χ4n) is 7.85. The molecule has 0 amide bonds. The number of hydrogen-bond acceptors (Lipinski definition) is 3. The molecule has 4 heteroatoms. The molecule has 4 nitrogen and oxygen atoms in total. The Bertz CT molecular complexity index is 2920. The summed E-state index contributed by atoms with van der Waals surface area (Å²) in [6.07, 6.45) is 3.83. The SMILES string of the molecule is Cc1cccc(-n2c3ccncc3c3cc(-c4cccc(-c5cccc(-c6c7ccccc7c(-c7ccccc7)c7ccccc67)n5)n4)ccc32)c1. The van der Waals surface area contributed by atoms with Crippen molar-refractivity contribution in [3.63, 3.8) is 0 Å². The predicted octanol–water partition coefficient (Wildman–Crippen LogP) is 12.3. The Kier molecular flexibility index (Phi) is 7.00. The van der Waals surface area contributed by atoms with Crippen LogP contribution in [0.5, 0.6) is 0 Å². The first-order valence-electron chi connectivity index (χ1n) is 17.6. The maximum Gasteiger partial charge on any atom is 0.0893 e. The van der Waals surface area contributed by atoms with Gasteiger partial charge in [-0.15, -0.1) is 0 Å². The molecule has 10 aromatic rings. The topological polar surface area (TPSA) is 43.6 Å². The number of fused-ring (bicyclic) bond motifs is 5. The summed E-state index contributed by atoms with van der Waals surface area (Å²) in [6.45, 7) is 2.13. The minimum Gasteiger partial charge on any atom is -0.309 e. The summed E-state index contributed by atoms with van der Waals surface area (Å²) in [7, 11) is 0. The van der Waals surface area contributed by atoms with E-state index in [9.17, 15) is 0 Å². The van der Waals surface area contributed by atoms with Crippen molar-refractivity contribution in [3.8, 4) is 50.7 Å². The molecule has 4 heterocycles. The fourth-order valence-corrected chi connectivity index (χ4v) is 7.85. The van der Waals surface area contributed by atoms with Crippen LogP contribution in [0.25, 0.3) is 94.1 Å². The molecule has 4 aromatic heterocycles. The van der Waals surface area contributed by atoms with Crippen molar-refractivity contribution in [1.29, 1.82) is 0 Å². The Hall–Kier alpha value is -6.91. The van der Waals surface area contributed by atoms with Crippen LogP contribution in [0.1, 0.15) is 5.56 Å². The lowest BCUT2D eigenvalue weighted by atomic mass is 9.87. The van der Waals surface area contributed by atoms with Crippen LogP contribution in [0.3, 0.4) is 0 Å². The third-order valence-corrected chi connectivity index (χ3v) is 10.1. The molecule has 0 atom stereocenters. The van der Waals surface area contributed by atoms with Crippen molar-refractivity contribution >= 4 is 43.4 Å². The number of pyridine rings is 3. The van der Waals surface area contributed by atoms with E-state index in [0.29, 0.717) is 0 Å². The van der Waals surface area contributed by atoms with Crippen LogP contribution in [0.15, 0.2) is 176 Å². The molecule has 0 bridgehead atoms. The van der Waals surface area contributed by atoms with Gasteiger partial charge in [0.2, 0.25) is 0 Å². The molecule has 244 valence electrons. The number of aromatic nitrogens is 4. The van der Waals surface area contributed by atoms with Crippen LogP contribution >= 0.6 is 0 Å². The second kappa shape index (κ2) is 12.1. The highest BCUT2D eigenvalue weighted by Crippen LogP contribution is 2.43. The van der Waals surface area contributed by atoms with Crippen LogP contribution in [0.4, 0.5) is 0 Å². The third-order valence-electron chi connectivity index (χ3n) is 10.1. The molecule has 0 unspecified atom stereocenters. The van der Waals surface area contributed by atoms with Crippen molar-refractivity contribution in [1.82, 2.24) is 19.5 Å². The summed E-state index contributed by atoms with van der Waals surface area (Å²) in [5.41, 5.74) is 12.8. The molecule has 6 aromatic carbocycles. The molecule has 0 saturated heterocycles. The zero-order valence-electron chi connectivity index (χ0n) is 28.5. The summed E-state index contributed by atoms with van der Waals surface area (Å²) in [5.74, 6) is 0. The quantitative estimate of drug-likeness (QED) is 0.172. The summed E-state index contributed by atoms with van der Waals surface area (Å²) in [6, 6.07) is 57.9. The van der Waals surface area contributed by atoms with Gasteiger partial charge in [-0.2, -0.15) is 0 Å². The molecule has 0 radical (unpaired) electrons. The maximum absolute atomic E-state index is 5.31. The molecular formula is C48H32N4. The molecule has 10 rings (SSSR count). The van der Waals surface area contributed by atoms with Crippen molar-refractivity contribution in [2.75, 3.05) is 0 Å². The molecule has 0 fully saturated rings. The van der Waals surface area contributed by atoms with Crippen LogP contribution in [-0.4, -0.2) is 19.5 Å². The lowest BCUT2D eigenvalue weighted by Crippen LogP contribution is -1.95. The van der Waals surface area contributed by atoms with Crippen molar-refractivity contribution in [2.45, 2.75) is 6.92 Å². The highest BCUT2D eigenvalue weighted by Gasteiger charge is 2.18. The number of benzene rings is 6. The van der Waals surface area contributed by atoms with Gasteiger partial charge in [-0.05, 0) is 99.8 Å². The summed E-state index contributed by atoms with van der Waals surface area (Å²) in [5, 5.41) is 7.04. The predicted molar refractivity (Wildman–Crippen MR) is 216 cm³/mol. The van der Waals surface area contributed by atoms with Gasteiger partial charge in [0, 0.05) is 40.0 Å². The van der Waals surface area contributed by atoms with Crippen molar-refractivity contribution in [2.24, 2.45) is 0 Å². The second-order valence-corrected chi connectivity index (χ2v) is 13.3. The summed E-state index contributed by atoms with van der Waals surface area (Å²) >= 11 is 0. The number of aryl methyl sites for hydroxylation is 1. The van der Waals surface area contributed by atoms with Crippen LogP contribution in [0, 0.1) is 6.92 Å². The molecule has 0 aliphatic heterocycles. The maximum atomic E-state index is 5.31. The second-order valence-electron chi connectivity index (χ2n) is 13.3. The Labute approximate surface area is 301 Å². The van der Waals surface area contributed by atoms with Gasteiger partial charge in [-0.3, -0.25) is 4.98 Å². The molecular weight excluding hydrogens is 633 g/mol. The minimum atomic E-state index is 0.831. The van der Waals surface area contributed by atoms with Crippen LogP contribution in [0.2, 0.25) is 0 Å². The first-order valence-corrected chi connectivity index (χ1v) is 17.6. The smallest absolute Gasteiger partial charge is 0.0893 e. The third kappa shape index (κ3) is 4.88. The van der Waals surface area contributed by atoms with E-state index in [1.54, 1.807) is 0 Å².